The molecule has 1 saturated heterocycles. The highest BCUT2D eigenvalue weighted by Gasteiger charge is 2.42. The molecule has 0 bridgehead atoms. The first-order chi connectivity index (χ1) is 9.17. The molecular weight excluding hydrogens is 236 g/mol. The molecule has 1 aliphatic heterocycles. The summed E-state index contributed by atoms with van der Waals surface area (Å²) in [5.74, 6) is 0. The van der Waals surface area contributed by atoms with Gasteiger partial charge >= 0.3 is 0 Å². The molecule has 2 aliphatic rings. The van der Waals surface area contributed by atoms with Crippen molar-refractivity contribution in [3.8, 4) is 0 Å². The van der Waals surface area contributed by atoms with Crippen LogP contribution in [0.1, 0.15) is 32.1 Å². The van der Waals surface area contributed by atoms with Gasteiger partial charge in [-0.25, -0.2) is 0 Å². The minimum atomic E-state index is 0.217. The van der Waals surface area contributed by atoms with E-state index >= 15 is 0 Å². The third-order valence-corrected chi connectivity index (χ3v) is 4.49. The van der Waals surface area contributed by atoms with E-state index in [2.05, 4.69) is 48.6 Å². The fourth-order valence-corrected chi connectivity index (χ4v) is 3.18. The van der Waals surface area contributed by atoms with E-state index in [1.165, 1.54) is 37.1 Å². The summed E-state index contributed by atoms with van der Waals surface area (Å²) in [5.41, 5.74) is 2.69. The van der Waals surface area contributed by atoms with Gasteiger partial charge in [0.15, 0.2) is 0 Å². The van der Waals surface area contributed by atoms with Gasteiger partial charge in [0.25, 0.3) is 0 Å². The number of nitrogens with zero attached hydrogens (tertiary/aromatic N) is 1. The monoisotopic (exact) mass is 260 g/mol. The lowest BCUT2D eigenvalue weighted by molar-refractivity contribution is -0.130. The van der Waals surface area contributed by atoms with Crippen LogP contribution in [0, 0.1) is 0 Å². The number of hydrogen-bond acceptors (Lipinski definition) is 3. The number of benzene rings is 1. The summed E-state index contributed by atoms with van der Waals surface area (Å²) in [6.07, 6.45) is 6.13. The Balaban J connectivity index is 1.65. The molecule has 1 aliphatic carbocycles. The van der Waals surface area contributed by atoms with Gasteiger partial charge in [0.2, 0.25) is 0 Å². The third-order valence-electron chi connectivity index (χ3n) is 4.49. The number of ether oxygens (including phenoxy) is 1. The van der Waals surface area contributed by atoms with Gasteiger partial charge in [-0.1, -0.05) is 6.07 Å². The van der Waals surface area contributed by atoms with E-state index in [9.17, 15) is 0 Å². The van der Waals surface area contributed by atoms with Crippen molar-refractivity contribution in [2.24, 2.45) is 0 Å². The minimum Gasteiger partial charge on any atom is -0.382 e. The van der Waals surface area contributed by atoms with E-state index in [0.717, 1.165) is 13.0 Å². The molecule has 104 valence electrons. The van der Waals surface area contributed by atoms with Crippen LogP contribution in [0.15, 0.2) is 24.3 Å². The van der Waals surface area contributed by atoms with Crippen molar-refractivity contribution in [2.75, 3.05) is 30.9 Å². The predicted molar refractivity (Wildman–Crippen MR) is 79.9 cm³/mol. The van der Waals surface area contributed by atoms with Crippen LogP contribution in [0.2, 0.25) is 0 Å². The van der Waals surface area contributed by atoms with E-state index in [4.69, 9.17) is 4.74 Å². The zero-order chi connectivity index (χ0) is 13.3. The van der Waals surface area contributed by atoms with E-state index in [-0.39, 0.29) is 5.60 Å². The quantitative estimate of drug-likeness (QED) is 0.902. The van der Waals surface area contributed by atoms with Crippen molar-refractivity contribution < 1.29 is 4.74 Å². The molecule has 2 fully saturated rings. The van der Waals surface area contributed by atoms with Crippen molar-refractivity contribution in [1.29, 1.82) is 0 Å². The number of hydrogen-bond donors (Lipinski definition) is 1. The summed E-state index contributed by atoms with van der Waals surface area (Å²) in [4.78, 5) is 2.14. The first-order valence-corrected chi connectivity index (χ1v) is 7.35. The van der Waals surface area contributed by atoms with Gasteiger partial charge in [-0.2, -0.15) is 0 Å². The summed E-state index contributed by atoms with van der Waals surface area (Å²) in [6.45, 7) is 0.908. The van der Waals surface area contributed by atoms with Crippen molar-refractivity contribution in [2.45, 2.75) is 43.7 Å². The molecule has 0 amide bonds. The molecule has 1 aromatic rings. The van der Waals surface area contributed by atoms with Crippen molar-refractivity contribution in [1.82, 2.24) is 0 Å². The fourth-order valence-electron chi connectivity index (χ4n) is 3.18. The standard InChI is InChI=1S/C16H24N2O/c1-18(2)15-6-3-5-13(11-15)17-14-7-10-19-16(12-14)8-4-9-16/h3,5-6,11,14,17H,4,7-10,12H2,1-2H3. The second-order valence-electron chi connectivity index (χ2n) is 6.16. The summed E-state index contributed by atoms with van der Waals surface area (Å²) >= 11 is 0. The Labute approximate surface area is 115 Å². The maximum absolute atomic E-state index is 5.98. The van der Waals surface area contributed by atoms with Gasteiger partial charge in [0.05, 0.1) is 5.60 Å². The predicted octanol–water partition coefficient (Wildman–Crippen LogP) is 3.27. The molecule has 19 heavy (non-hydrogen) atoms. The van der Waals surface area contributed by atoms with Gasteiger partial charge in [0, 0.05) is 38.1 Å². The molecule has 1 N–H and O–H groups in total. The Morgan fingerprint density at radius 2 is 2.16 bits per heavy atom. The molecule has 0 radical (unpaired) electrons. The van der Waals surface area contributed by atoms with Crippen LogP contribution in [-0.4, -0.2) is 32.3 Å². The van der Waals surface area contributed by atoms with Crippen LogP contribution < -0.4 is 10.2 Å². The topological polar surface area (TPSA) is 24.5 Å². The Morgan fingerprint density at radius 3 is 2.84 bits per heavy atom. The average Bonchev–Trinajstić information content (AvgIpc) is 2.37. The fraction of sp³-hybridized carbons (Fsp3) is 0.625. The molecule has 1 unspecified atom stereocenters. The van der Waals surface area contributed by atoms with E-state index < -0.39 is 0 Å². The van der Waals surface area contributed by atoms with E-state index in [0.29, 0.717) is 6.04 Å². The largest absolute Gasteiger partial charge is 0.382 e. The summed E-state index contributed by atoms with van der Waals surface area (Å²) in [5, 5.41) is 3.69. The number of anilines is 2. The van der Waals surface area contributed by atoms with Crippen LogP contribution >= 0.6 is 0 Å². The van der Waals surface area contributed by atoms with Crippen molar-refractivity contribution in [3.63, 3.8) is 0 Å². The molecule has 3 nitrogen and oxygen atoms in total. The lowest BCUT2D eigenvalue weighted by atomic mass is 9.74. The summed E-state index contributed by atoms with van der Waals surface area (Å²) in [6, 6.07) is 9.21. The number of rotatable bonds is 3. The van der Waals surface area contributed by atoms with Gasteiger partial charge in [-0.3, -0.25) is 0 Å². The highest BCUT2D eigenvalue weighted by molar-refractivity contribution is 5.57. The van der Waals surface area contributed by atoms with Crippen LogP contribution in [0.4, 0.5) is 11.4 Å². The van der Waals surface area contributed by atoms with Gasteiger partial charge in [0.1, 0.15) is 0 Å². The van der Waals surface area contributed by atoms with Gasteiger partial charge < -0.3 is 15.0 Å². The highest BCUT2D eigenvalue weighted by Crippen LogP contribution is 2.42. The first-order valence-electron chi connectivity index (χ1n) is 7.35. The first kappa shape index (κ1) is 12.8. The zero-order valence-corrected chi connectivity index (χ0v) is 12.0. The van der Waals surface area contributed by atoms with Crippen molar-refractivity contribution >= 4 is 11.4 Å². The molecule has 0 aromatic heterocycles. The molecule has 1 atom stereocenters. The van der Waals surface area contributed by atoms with Crippen LogP contribution in [-0.2, 0) is 4.74 Å². The average molecular weight is 260 g/mol. The Kier molecular flexibility index (Phi) is 3.40. The van der Waals surface area contributed by atoms with Gasteiger partial charge in [-0.05, 0) is 50.3 Å². The molecule has 1 saturated carbocycles. The smallest absolute Gasteiger partial charge is 0.0702 e. The lowest BCUT2D eigenvalue weighted by Gasteiger charge is -2.47. The summed E-state index contributed by atoms with van der Waals surface area (Å²) < 4.78 is 5.98. The Hall–Kier alpha value is -1.22. The molecule has 1 heterocycles. The normalized spacial score (nSPS) is 24.8. The lowest BCUT2D eigenvalue weighted by Crippen LogP contribution is -2.49. The second kappa shape index (κ2) is 5.04. The van der Waals surface area contributed by atoms with Gasteiger partial charge in [-0.15, -0.1) is 0 Å². The zero-order valence-electron chi connectivity index (χ0n) is 12.0. The molecule has 3 rings (SSSR count). The molecule has 1 aromatic carbocycles. The maximum Gasteiger partial charge on any atom is 0.0702 e. The van der Waals surface area contributed by atoms with Crippen molar-refractivity contribution in [3.05, 3.63) is 24.3 Å². The van der Waals surface area contributed by atoms with Crippen LogP contribution in [0.5, 0.6) is 0 Å². The Morgan fingerprint density at radius 1 is 1.32 bits per heavy atom. The highest BCUT2D eigenvalue weighted by atomic mass is 16.5. The third kappa shape index (κ3) is 2.71. The van der Waals surface area contributed by atoms with E-state index in [1.54, 1.807) is 0 Å². The second-order valence-corrected chi connectivity index (χ2v) is 6.16. The molecule has 1 spiro atoms. The molecular formula is C16H24N2O. The maximum atomic E-state index is 5.98. The SMILES string of the molecule is CN(C)c1cccc(NC2CCOC3(CCC3)C2)c1. The summed E-state index contributed by atoms with van der Waals surface area (Å²) in [7, 11) is 4.16. The molecule has 3 heteroatoms. The van der Waals surface area contributed by atoms with E-state index in [1.807, 2.05) is 0 Å². The van der Waals surface area contributed by atoms with Crippen LogP contribution in [0.25, 0.3) is 0 Å². The Bertz CT molecular complexity index is 440. The number of nitrogens with one attached hydrogen (secondary N) is 1. The van der Waals surface area contributed by atoms with Crippen LogP contribution in [0.3, 0.4) is 0 Å². The minimum absolute atomic E-state index is 0.217.